The molecule has 2 aliphatic heterocycles. The SMILES string of the molecule is Cc1ccc(N2CCC(NC(=O)[C@H]3NCCO[C@@H]3C)CC2)nc1. The van der Waals surface area contributed by atoms with Crippen molar-refractivity contribution in [3.63, 3.8) is 0 Å². The zero-order valence-electron chi connectivity index (χ0n) is 13.9. The van der Waals surface area contributed by atoms with Crippen LogP contribution in [0.2, 0.25) is 0 Å². The van der Waals surface area contributed by atoms with Gasteiger partial charge in [0.1, 0.15) is 11.9 Å². The van der Waals surface area contributed by atoms with Gasteiger partial charge in [-0.05, 0) is 38.3 Å². The largest absolute Gasteiger partial charge is 0.375 e. The van der Waals surface area contributed by atoms with Crippen molar-refractivity contribution in [2.24, 2.45) is 0 Å². The maximum atomic E-state index is 12.4. The zero-order chi connectivity index (χ0) is 16.2. The molecule has 3 rings (SSSR count). The van der Waals surface area contributed by atoms with E-state index in [2.05, 4.69) is 32.7 Å². The first-order valence-corrected chi connectivity index (χ1v) is 8.46. The van der Waals surface area contributed by atoms with Crippen LogP contribution in [0.1, 0.15) is 25.3 Å². The number of hydrogen-bond donors (Lipinski definition) is 2. The number of carbonyl (C=O) groups excluding carboxylic acids is 1. The number of hydrogen-bond acceptors (Lipinski definition) is 5. The predicted molar refractivity (Wildman–Crippen MR) is 89.6 cm³/mol. The Morgan fingerprint density at radius 1 is 1.39 bits per heavy atom. The number of nitrogens with one attached hydrogen (secondary N) is 2. The average Bonchev–Trinajstić information content (AvgIpc) is 2.57. The Hall–Kier alpha value is -1.66. The standard InChI is InChI=1S/C17H26N4O2/c1-12-3-4-15(19-11-12)21-8-5-14(6-9-21)20-17(22)16-13(2)23-10-7-18-16/h3-4,11,13-14,16,18H,5-10H2,1-2H3,(H,20,22)/t13-,16+/m1/s1. The van der Waals surface area contributed by atoms with Crippen molar-refractivity contribution in [1.82, 2.24) is 15.6 Å². The van der Waals surface area contributed by atoms with E-state index in [0.717, 1.165) is 38.3 Å². The molecule has 0 aromatic carbocycles. The lowest BCUT2D eigenvalue weighted by Gasteiger charge is -2.35. The fraction of sp³-hybridized carbons (Fsp3) is 0.647. The number of aromatic nitrogens is 1. The third kappa shape index (κ3) is 4.00. The van der Waals surface area contributed by atoms with Crippen molar-refractivity contribution in [2.45, 2.75) is 44.9 Å². The van der Waals surface area contributed by atoms with Gasteiger partial charge in [-0.3, -0.25) is 4.79 Å². The number of rotatable bonds is 3. The van der Waals surface area contributed by atoms with E-state index in [-0.39, 0.29) is 24.1 Å². The normalized spacial score (nSPS) is 26.1. The van der Waals surface area contributed by atoms with Gasteiger partial charge in [0.05, 0.1) is 12.7 Å². The summed E-state index contributed by atoms with van der Waals surface area (Å²) in [5, 5.41) is 6.41. The van der Waals surface area contributed by atoms with Gasteiger partial charge in [0.25, 0.3) is 0 Å². The first-order valence-electron chi connectivity index (χ1n) is 8.46. The van der Waals surface area contributed by atoms with Gasteiger partial charge in [-0.15, -0.1) is 0 Å². The van der Waals surface area contributed by atoms with E-state index in [1.54, 1.807) is 0 Å². The van der Waals surface area contributed by atoms with Crippen LogP contribution in [0.15, 0.2) is 18.3 Å². The molecule has 2 N–H and O–H groups in total. The molecule has 2 saturated heterocycles. The van der Waals surface area contributed by atoms with Gasteiger partial charge in [-0.25, -0.2) is 4.98 Å². The van der Waals surface area contributed by atoms with Crippen LogP contribution in [0.5, 0.6) is 0 Å². The Kier molecular flexibility index (Phi) is 5.13. The zero-order valence-corrected chi connectivity index (χ0v) is 13.9. The summed E-state index contributed by atoms with van der Waals surface area (Å²) in [4.78, 5) is 19.2. The second kappa shape index (κ2) is 7.27. The van der Waals surface area contributed by atoms with E-state index in [9.17, 15) is 4.79 Å². The average molecular weight is 318 g/mol. The molecule has 23 heavy (non-hydrogen) atoms. The van der Waals surface area contributed by atoms with E-state index in [1.165, 1.54) is 5.56 Å². The molecule has 126 valence electrons. The summed E-state index contributed by atoms with van der Waals surface area (Å²) < 4.78 is 5.55. The maximum Gasteiger partial charge on any atom is 0.240 e. The van der Waals surface area contributed by atoms with Crippen LogP contribution in [-0.2, 0) is 9.53 Å². The minimum Gasteiger partial charge on any atom is -0.375 e. The Labute approximate surface area is 137 Å². The number of carbonyl (C=O) groups is 1. The number of anilines is 1. The van der Waals surface area contributed by atoms with Gasteiger partial charge in [0.2, 0.25) is 5.91 Å². The van der Waals surface area contributed by atoms with Crippen LogP contribution in [0.4, 0.5) is 5.82 Å². The first-order chi connectivity index (χ1) is 11.1. The lowest BCUT2D eigenvalue weighted by atomic mass is 10.0. The maximum absolute atomic E-state index is 12.4. The van der Waals surface area contributed by atoms with E-state index in [4.69, 9.17) is 4.74 Å². The smallest absolute Gasteiger partial charge is 0.240 e. The van der Waals surface area contributed by atoms with Gasteiger partial charge in [-0.2, -0.15) is 0 Å². The fourth-order valence-electron chi connectivity index (χ4n) is 3.22. The third-order valence-electron chi connectivity index (χ3n) is 4.66. The Balaban J connectivity index is 1.49. The van der Waals surface area contributed by atoms with Gasteiger partial charge in [0, 0.05) is 31.9 Å². The molecule has 0 bridgehead atoms. The number of aryl methyl sites for hydroxylation is 1. The van der Waals surface area contributed by atoms with Crippen LogP contribution in [-0.4, -0.2) is 55.3 Å². The number of ether oxygens (including phenoxy) is 1. The van der Waals surface area contributed by atoms with Gasteiger partial charge in [-0.1, -0.05) is 6.07 Å². The molecule has 1 aromatic heterocycles. The second-order valence-corrected chi connectivity index (χ2v) is 6.47. The summed E-state index contributed by atoms with van der Waals surface area (Å²) in [6.45, 7) is 7.24. The van der Waals surface area contributed by atoms with Crippen molar-refractivity contribution in [1.29, 1.82) is 0 Å². The molecule has 6 heteroatoms. The molecule has 6 nitrogen and oxygen atoms in total. The predicted octanol–water partition coefficient (Wildman–Crippen LogP) is 0.852. The van der Waals surface area contributed by atoms with E-state index < -0.39 is 0 Å². The van der Waals surface area contributed by atoms with Crippen molar-refractivity contribution in [3.05, 3.63) is 23.9 Å². The summed E-state index contributed by atoms with van der Waals surface area (Å²) in [7, 11) is 0. The number of nitrogens with zero attached hydrogens (tertiary/aromatic N) is 2. The summed E-state index contributed by atoms with van der Waals surface area (Å²) in [6, 6.07) is 4.16. The van der Waals surface area contributed by atoms with E-state index >= 15 is 0 Å². The first kappa shape index (κ1) is 16.2. The molecule has 2 atom stereocenters. The molecular weight excluding hydrogens is 292 g/mol. The summed E-state index contributed by atoms with van der Waals surface area (Å²) >= 11 is 0. The number of amides is 1. The molecule has 1 amide bonds. The molecule has 0 aliphatic carbocycles. The van der Waals surface area contributed by atoms with E-state index in [0.29, 0.717) is 6.61 Å². The fourth-order valence-corrected chi connectivity index (χ4v) is 3.22. The van der Waals surface area contributed by atoms with Crippen LogP contribution >= 0.6 is 0 Å². The Morgan fingerprint density at radius 2 is 2.17 bits per heavy atom. The highest BCUT2D eigenvalue weighted by atomic mass is 16.5. The number of pyridine rings is 1. The molecule has 0 unspecified atom stereocenters. The van der Waals surface area contributed by atoms with Gasteiger partial charge in [0.15, 0.2) is 0 Å². The summed E-state index contributed by atoms with van der Waals surface area (Å²) in [5.41, 5.74) is 1.17. The highest BCUT2D eigenvalue weighted by Crippen LogP contribution is 2.18. The Bertz CT molecular complexity index is 526. The highest BCUT2D eigenvalue weighted by molar-refractivity contribution is 5.82. The van der Waals surface area contributed by atoms with Crippen molar-refractivity contribution in [3.8, 4) is 0 Å². The van der Waals surface area contributed by atoms with Crippen molar-refractivity contribution < 1.29 is 9.53 Å². The molecule has 0 radical (unpaired) electrons. The van der Waals surface area contributed by atoms with Crippen molar-refractivity contribution >= 4 is 11.7 Å². The quantitative estimate of drug-likeness (QED) is 0.865. The molecule has 0 saturated carbocycles. The Morgan fingerprint density at radius 3 is 2.83 bits per heavy atom. The van der Waals surface area contributed by atoms with Crippen LogP contribution in [0.3, 0.4) is 0 Å². The van der Waals surface area contributed by atoms with Crippen LogP contribution < -0.4 is 15.5 Å². The molecule has 0 spiro atoms. The second-order valence-electron chi connectivity index (χ2n) is 6.47. The molecule has 2 aliphatic rings. The highest BCUT2D eigenvalue weighted by Gasteiger charge is 2.30. The third-order valence-corrected chi connectivity index (χ3v) is 4.66. The summed E-state index contributed by atoms with van der Waals surface area (Å²) in [6.07, 6.45) is 3.73. The van der Waals surface area contributed by atoms with Crippen LogP contribution in [0.25, 0.3) is 0 Å². The minimum absolute atomic E-state index is 0.0594. The van der Waals surface area contributed by atoms with Gasteiger partial charge >= 0.3 is 0 Å². The number of piperidine rings is 1. The molecule has 3 heterocycles. The topological polar surface area (TPSA) is 66.5 Å². The lowest BCUT2D eigenvalue weighted by Crippen LogP contribution is -2.58. The number of morpholine rings is 1. The van der Waals surface area contributed by atoms with Gasteiger partial charge < -0.3 is 20.3 Å². The molecular formula is C17H26N4O2. The monoisotopic (exact) mass is 318 g/mol. The summed E-state index contributed by atoms with van der Waals surface area (Å²) in [5.74, 6) is 1.08. The molecule has 1 aromatic rings. The van der Waals surface area contributed by atoms with Crippen molar-refractivity contribution in [2.75, 3.05) is 31.1 Å². The molecule has 2 fully saturated rings. The minimum atomic E-state index is -0.236. The van der Waals surface area contributed by atoms with E-state index in [1.807, 2.05) is 20.0 Å². The van der Waals surface area contributed by atoms with Crippen LogP contribution in [0, 0.1) is 6.92 Å². The lowest BCUT2D eigenvalue weighted by molar-refractivity contribution is -0.129.